The van der Waals surface area contributed by atoms with E-state index in [2.05, 4.69) is 44.7 Å². The SMILES string of the molecule is CC1(C)CCCC(C)(C)N1Cc1ccccc1B(O)O.NCCc1ccccc1. The number of rotatable bonds is 5. The van der Waals surface area contributed by atoms with Crippen LogP contribution in [0.2, 0.25) is 0 Å². The first-order valence-electron chi connectivity index (χ1n) is 10.6. The van der Waals surface area contributed by atoms with Crippen molar-refractivity contribution < 1.29 is 10.0 Å². The van der Waals surface area contributed by atoms with E-state index in [0.29, 0.717) is 5.46 Å². The van der Waals surface area contributed by atoms with E-state index >= 15 is 0 Å². The van der Waals surface area contributed by atoms with E-state index < -0.39 is 7.12 Å². The molecule has 0 aromatic heterocycles. The lowest BCUT2D eigenvalue weighted by Gasteiger charge is -2.53. The molecule has 0 saturated carbocycles. The number of hydrogen-bond donors (Lipinski definition) is 3. The summed E-state index contributed by atoms with van der Waals surface area (Å²) < 4.78 is 0. The maximum Gasteiger partial charge on any atom is 0.488 e. The Kier molecular flexibility index (Phi) is 8.47. The van der Waals surface area contributed by atoms with E-state index in [1.54, 1.807) is 6.07 Å². The van der Waals surface area contributed by atoms with Crippen molar-refractivity contribution in [2.24, 2.45) is 5.73 Å². The average Bonchev–Trinajstić information content (AvgIpc) is 2.66. The van der Waals surface area contributed by atoms with Gasteiger partial charge in [0.15, 0.2) is 0 Å². The van der Waals surface area contributed by atoms with Gasteiger partial charge in [0.1, 0.15) is 0 Å². The summed E-state index contributed by atoms with van der Waals surface area (Å²) in [5.74, 6) is 0. The highest BCUT2D eigenvalue weighted by molar-refractivity contribution is 6.59. The van der Waals surface area contributed by atoms with Gasteiger partial charge in [-0.05, 0) is 76.5 Å². The third-order valence-electron chi connectivity index (χ3n) is 5.98. The van der Waals surface area contributed by atoms with Gasteiger partial charge in [-0.3, -0.25) is 4.90 Å². The van der Waals surface area contributed by atoms with Crippen LogP contribution in [0.5, 0.6) is 0 Å². The van der Waals surface area contributed by atoms with Crippen molar-refractivity contribution in [3.8, 4) is 0 Å². The van der Waals surface area contributed by atoms with Gasteiger partial charge in [-0.2, -0.15) is 0 Å². The lowest BCUT2D eigenvalue weighted by Crippen LogP contribution is -2.58. The molecule has 1 heterocycles. The minimum Gasteiger partial charge on any atom is -0.423 e. The summed E-state index contributed by atoms with van der Waals surface area (Å²) in [4.78, 5) is 2.50. The van der Waals surface area contributed by atoms with E-state index in [1.165, 1.54) is 24.8 Å². The van der Waals surface area contributed by atoms with Gasteiger partial charge < -0.3 is 15.8 Å². The molecule has 29 heavy (non-hydrogen) atoms. The summed E-state index contributed by atoms with van der Waals surface area (Å²) >= 11 is 0. The molecule has 0 atom stereocenters. The molecule has 3 rings (SSSR count). The van der Waals surface area contributed by atoms with Crippen LogP contribution in [0.3, 0.4) is 0 Å². The van der Waals surface area contributed by atoms with Gasteiger partial charge in [-0.15, -0.1) is 0 Å². The highest BCUT2D eigenvalue weighted by Gasteiger charge is 2.41. The van der Waals surface area contributed by atoms with Crippen LogP contribution in [0.4, 0.5) is 0 Å². The molecule has 1 saturated heterocycles. The van der Waals surface area contributed by atoms with Gasteiger partial charge in [0, 0.05) is 17.6 Å². The molecular weight excluding hydrogens is 359 g/mol. The van der Waals surface area contributed by atoms with Crippen molar-refractivity contribution in [2.45, 2.75) is 71.0 Å². The fourth-order valence-corrected chi connectivity index (χ4v) is 4.38. The molecule has 0 radical (unpaired) electrons. The molecule has 5 heteroatoms. The lowest BCUT2D eigenvalue weighted by atomic mass is 9.75. The minimum atomic E-state index is -1.40. The van der Waals surface area contributed by atoms with Gasteiger partial charge in [0.25, 0.3) is 0 Å². The highest BCUT2D eigenvalue weighted by atomic mass is 16.4. The van der Waals surface area contributed by atoms with Crippen LogP contribution in [0.1, 0.15) is 58.1 Å². The van der Waals surface area contributed by atoms with Gasteiger partial charge in [-0.1, -0.05) is 54.6 Å². The Bertz CT molecular complexity index is 732. The summed E-state index contributed by atoms with van der Waals surface area (Å²) in [5, 5.41) is 19.1. The summed E-state index contributed by atoms with van der Waals surface area (Å²) in [6.45, 7) is 10.6. The molecule has 0 bridgehead atoms. The predicted octanol–water partition coefficient (Wildman–Crippen LogP) is 3.10. The maximum absolute atomic E-state index is 9.53. The van der Waals surface area contributed by atoms with Crippen LogP contribution in [0.25, 0.3) is 0 Å². The number of benzene rings is 2. The van der Waals surface area contributed by atoms with Crippen molar-refractivity contribution >= 4 is 12.6 Å². The average molecular weight is 396 g/mol. The van der Waals surface area contributed by atoms with Crippen LogP contribution in [0, 0.1) is 0 Å². The van der Waals surface area contributed by atoms with Crippen LogP contribution >= 0.6 is 0 Å². The Morgan fingerprint density at radius 1 is 0.897 bits per heavy atom. The van der Waals surface area contributed by atoms with Crippen LogP contribution in [-0.4, -0.2) is 39.7 Å². The van der Waals surface area contributed by atoms with Gasteiger partial charge in [0.05, 0.1) is 0 Å². The van der Waals surface area contributed by atoms with E-state index in [0.717, 1.165) is 25.1 Å². The van der Waals surface area contributed by atoms with Crippen molar-refractivity contribution in [3.05, 3.63) is 65.7 Å². The molecule has 0 amide bonds. The number of nitrogens with zero attached hydrogens (tertiary/aromatic N) is 1. The number of hydrogen-bond acceptors (Lipinski definition) is 4. The molecule has 0 unspecified atom stereocenters. The topological polar surface area (TPSA) is 69.7 Å². The smallest absolute Gasteiger partial charge is 0.423 e. The van der Waals surface area contributed by atoms with Crippen molar-refractivity contribution in [2.75, 3.05) is 6.54 Å². The zero-order valence-corrected chi connectivity index (χ0v) is 18.4. The molecule has 1 aliphatic heterocycles. The van der Waals surface area contributed by atoms with E-state index in [4.69, 9.17) is 5.73 Å². The largest absolute Gasteiger partial charge is 0.488 e. The molecule has 4 N–H and O–H groups in total. The molecule has 0 aliphatic carbocycles. The van der Waals surface area contributed by atoms with Crippen molar-refractivity contribution in [3.63, 3.8) is 0 Å². The summed E-state index contributed by atoms with van der Waals surface area (Å²) in [6.07, 6.45) is 4.60. The minimum absolute atomic E-state index is 0.134. The standard InChI is InChI=1S/C16H26BNO2.C8H11N/c1-15(2)10-7-11-16(3,4)18(15)12-13-8-5-6-9-14(13)17(19)20;9-7-6-8-4-2-1-3-5-8/h5-6,8-9,19-20H,7,10-12H2,1-4H3;1-5H,6-7,9H2. The highest BCUT2D eigenvalue weighted by Crippen LogP contribution is 2.39. The van der Waals surface area contributed by atoms with E-state index in [-0.39, 0.29) is 11.1 Å². The number of piperidine rings is 1. The predicted molar refractivity (Wildman–Crippen MR) is 123 cm³/mol. The third-order valence-corrected chi connectivity index (χ3v) is 5.98. The fourth-order valence-electron chi connectivity index (χ4n) is 4.38. The van der Waals surface area contributed by atoms with Crippen molar-refractivity contribution in [1.82, 2.24) is 4.90 Å². The zero-order chi connectivity index (χ0) is 21.5. The normalized spacial score (nSPS) is 17.9. The summed E-state index contributed by atoms with van der Waals surface area (Å²) in [7, 11) is -1.40. The quantitative estimate of drug-likeness (QED) is 0.680. The molecule has 1 aliphatic rings. The summed E-state index contributed by atoms with van der Waals surface area (Å²) in [6, 6.07) is 17.9. The summed E-state index contributed by atoms with van der Waals surface area (Å²) in [5.41, 5.74) is 8.57. The Labute approximate surface area is 176 Å². The van der Waals surface area contributed by atoms with Crippen LogP contribution in [0.15, 0.2) is 54.6 Å². The fraction of sp³-hybridized carbons (Fsp3) is 0.500. The van der Waals surface area contributed by atoms with Crippen molar-refractivity contribution in [1.29, 1.82) is 0 Å². The first kappa shape index (κ1) is 23.6. The molecule has 2 aromatic carbocycles. The Balaban J connectivity index is 0.000000278. The van der Waals surface area contributed by atoms with Crippen LogP contribution in [-0.2, 0) is 13.0 Å². The molecule has 2 aromatic rings. The maximum atomic E-state index is 9.53. The van der Waals surface area contributed by atoms with Crippen LogP contribution < -0.4 is 11.2 Å². The molecule has 1 fully saturated rings. The second kappa shape index (κ2) is 10.4. The molecular formula is C24H37BN2O2. The molecule has 0 spiro atoms. The van der Waals surface area contributed by atoms with E-state index in [1.807, 2.05) is 36.4 Å². The Hall–Kier alpha value is -1.66. The van der Waals surface area contributed by atoms with Gasteiger partial charge in [-0.25, -0.2) is 0 Å². The number of nitrogens with two attached hydrogens (primary N) is 1. The van der Waals surface area contributed by atoms with Gasteiger partial charge >= 0.3 is 7.12 Å². The monoisotopic (exact) mass is 396 g/mol. The first-order chi connectivity index (χ1) is 13.7. The number of likely N-dealkylation sites (tertiary alicyclic amines) is 1. The first-order valence-corrected chi connectivity index (χ1v) is 10.6. The second-order valence-electron chi connectivity index (χ2n) is 9.16. The second-order valence-corrected chi connectivity index (χ2v) is 9.16. The molecule has 158 valence electrons. The lowest BCUT2D eigenvalue weighted by molar-refractivity contribution is -0.0339. The molecule has 4 nitrogen and oxygen atoms in total. The third kappa shape index (κ3) is 6.68. The Morgan fingerprint density at radius 3 is 2.00 bits per heavy atom. The van der Waals surface area contributed by atoms with E-state index in [9.17, 15) is 10.0 Å². The van der Waals surface area contributed by atoms with Gasteiger partial charge in [0.2, 0.25) is 0 Å². The Morgan fingerprint density at radius 2 is 1.45 bits per heavy atom. The zero-order valence-electron chi connectivity index (χ0n) is 18.4.